The maximum Gasteiger partial charge on any atom is 0.339 e. The van der Waals surface area contributed by atoms with Gasteiger partial charge in [-0.05, 0) is 23.8 Å². The summed E-state index contributed by atoms with van der Waals surface area (Å²) in [6, 6.07) is 9.52. The summed E-state index contributed by atoms with van der Waals surface area (Å²) in [5, 5.41) is 11.3. The van der Waals surface area contributed by atoms with Crippen molar-refractivity contribution < 1.29 is 14.6 Å². The van der Waals surface area contributed by atoms with Crippen molar-refractivity contribution in [3.05, 3.63) is 41.5 Å². The zero-order valence-corrected chi connectivity index (χ0v) is 9.43. The number of carboxylic acids is 1. The maximum atomic E-state index is 11.2. The number of carbonyl (C=O) groups is 1. The highest BCUT2D eigenvalue weighted by Crippen LogP contribution is 2.38. The molecule has 0 amide bonds. The average Bonchev–Trinajstić information content (AvgIpc) is 2.69. The fourth-order valence-electron chi connectivity index (χ4n) is 2.43. The minimum Gasteiger partial charge on any atom is -0.489 e. The zero-order chi connectivity index (χ0) is 12.0. The van der Waals surface area contributed by atoms with Gasteiger partial charge in [0.15, 0.2) is 0 Å². The Morgan fingerprint density at radius 3 is 2.94 bits per heavy atom. The topological polar surface area (TPSA) is 46.5 Å². The quantitative estimate of drug-likeness (QED) is 0.816. The first-order valence-electron chi connectivity index (χ1n) is 5.61. The normalized spacial score (nSPS) is 17.8. The van der Waals surface area contributed by atoms with Gasteiger partial charge in [0.2, 0.25) is 0 Å². The Hall–Kier alpha value is -2.03. The smallest absolute Gasteiger partial charge is 0.339 e. The van der Waals surface area contributed by atoms with E-state index in [1.165, 1.54) is 0 Å². The summed E-state index contributed by atoms with van der Waals surface area (Å²) in [5.41, 5.74) is 1.29. The molecule has 2 aromatic rings. The summed E-state index contributed by atoms with van der Waals surface area (Å²) in [5.74, 6) is -0.384. The molecule has 0 aliphatic carbocycles. The van der Waals surface area contributed by atoms with Crippen LogP contribution in [-0.2, 0) is 6.42 Å². The van der Waals surface area contributed by atoms with Crippen LogP contribution >= 0.6 is 0 Å². The Kier molecular flexibility index (Phi) is 2.08. The first kappa shape index (κ1) is 10.1. The first-order chi connectivity index (χ1) is 8.16. The van der Waals surface area contributed by atoms with Crippen LogP contribution < -0.4 is 4.74 Å². The predicted molar refractivity (Wildman–Crippen MR) is 64.7 cm³/mol. The van der Waals surface area contributed by atoms with Gasteiger partial charge in [0.05, 0.1) is 0 Å². The summed E-state index contributed by atoms with van der Waals surface area (Å²) >= 11 is 0. The molecule has 0 saturated carbocycles. The molecule has 0 bridgehead atoms. The number of carboxylic acid groups (broad SMARTS) is 1. The molecule has 0 fully saturated rings. The molecule has 17 heavy (non-hydrogen) atoms. The molecule has 1 aliphatic rings. The van der Waals surface area contributed by atoms with Crippen LogP contribution in [0.15, 0.2) is 30.3 Å². The van der Waals surface area contributed by atoms with E-state index in [9.17, 15) is 9.90 Å². The van der Waals surface area contributed by atoms with E-state index < -0.39 is 5.97 Å². The standard InChI is InChI=1S/C14H12O3/c1-8-6-11-10-5-3-2-4-9(10)7-12(14(15)16)13(11)17-8/h2-5,7-8H,6H2,1H3,(H,15,16). The van der Waals surface area contributed by atoms with Crippen molar-refractivity contribution in [2.75, 3.05) is 0 Å². The molecule has 0 radical (unpaired) electrons. The molecule has 3 nitrogen and oxygen atoms in total. The number of fused-ring (bicyclic) bond motifs is 3. The molecular formula is C14H12O3. The van der Waals surface area contributed by atoms with Crippen LogP contribution in [0.2, 0.25) is 0 Å². The van der Waals surface area contributed by atoms with Crippen LogP contribution in [0.25, 0.3) is 10.8 Å². The van der Waals surface area contributed by atoms with Gasteiger partial charge in [0.25, 0.3) is 0 Å². The van der Waals surface area contributed by atoms with E-state index in [4.69, 9.17) is 4.74 Å². The van der Waals surface area contributed by atoms with Gasteiger partial charge in [0.1, 0.15) is 17.4 Å². The van der Waals surface area contributed by atoms with Crippen LogP contribution in [0.3, 0.4) is 0 Å². The van der Waals surface area contributed by atoms with Gasteiger partial charge in [-0.15, -0.1) is 0 Å². The summed E-state index contributed by atoms with van der Waals surface area (Å²) in [7, 11) is 0. The highest BCUT2D eigenvalue weighted by Gasteiger charge is 2.27. The monoisotopic (exact) mass is 228 g/mol. The molecule has 0 spiro atoms. The second kappa shape index (κ2) is 3.48. The van der Waals surface area contributed by atoms with E-state index in [0.29, 0.717) is 5.75 Å². The van der Waals surface area contributed by atoms with Gasteiger partial charge in [-0.1, -0.05) is 24.3 Å². The molecule has 1 unspecified atom stereocenters. The summed E-state index contributed by atoms with van der Waals surface area (Å²) in [6.07, 6.45) is 0.825. The third-order valence-corrected chi connectivity index (χ3v) is 3.15. The Balaban J connectivity index is 2.38. The van der Waals surface area contributed by atoms with Gasteiger partial charge in [0, 0.05) is 12.0 Å². The Labute approximate surface area is 98.6 Å². The van der Waals surface area contributed by atoms with E-state index in [1.54, 1.807) is 6.07 Å². The molecule has 86 valence electrons. The lowest BCUT2D eigenvalue weighted by Gasteiger charge is -2.08. The molecule has 2 aromatic carbocycles. The second-order valence-electron chi connectivity index (χ2n) is 4.39. The van der Waals surface area contributed by atoms with E-state index in [0.717, 1.165) is 22.8 Å². The van der Waals surface area contributed by atoms with E-state index in [2.05, 4.69) is 0 Å². The average molecular weight is 228 g/mol. The minimum absolute atomic E-state index is 0.0499. The molecule has 3 heteroatoms. The van der Waals surface area contributed by atoms with Crippen molar-refractivity contribution in [2.24, 2.45) is 0 Å². The number of aromatic carboxylic acids is 1. The lowest BCUT2D eigenvalue weighted by atomic mass is 9.98. The molecule has 0 saturated heterocycles. The second-order valence-corrected chi connectivity index (χ2v) is 4.39. The fraction of sp³-hybridized carbons (Fsp3) is 0.214. The Morgan fingerprint density at radius 2 is 2.18 bits per heavy atom. The number of rotatable bonds is 1. The lowest BCUT2D eigenvalue weighted by molar-refractivity contribution is 0.0692. The van der Waals surface area contributed by atoms with Crippen LogP contribution in [0, 0.1) is 0 Å². The van der Waals surface area contributed by atoms with Crippen molar-refractivity contribution in [1.82, 2.24) is 0 Å². The molecular weight excluding hydrogens is 216 g/mol. The summed E-state index contributed by atoms with van der Waals surface area (Å²) in [6.45, 7) is 1.96. The molecule has 1 heterocycles. The van der Waals surface area contributed by atoms with Crippen LogP contribution in [0.4, 0.5) is 0 Å². The molecule has 1 N–H and O–H groups in total. The van der Waals surface area contributed by atoms with E-state index in [-0.39, 0.29) is 11.7 Å². The predicted octanol–water partition coefficient (Wildman–Crippen LogP) is 2.86. The third kappa shape index (κ3) is 1.46. The van der Waals surface area contributed by atoms with Gasteiger partial charge in [-0.2, -0.15) is 0 Å². The highest BCUT2D eigenvalue weighted by molar-refractivity contribution is 6.00. The van der Waals surface area contributed by atoms with Crippen molar-refractivity contribution in [3.8, 4) is 5.75 Å². The fourth-order valence-corrected chi connectivity index (χ4v) is 2.43. The molecule has 1 atom stereocenters. The van der Waals surface area contributed by atoms with Gasteiger partial charge in [-0.25, -0.2) is 4.79 Å². The summed E-state index contributed by atoms with van der Waals surface area (Å²) in [4.78, 5) is 11.2. The summed E-state index contributed by atoms with van der Waals surface area (Å²) < 4.78 is 5.63. The number of hydrogen-bond acceptors (Lipinski definition) is 2. The Bertz CT molecular complexity index is 616. The zero-order valence-electron chi connectivity index (χ0n) is 9.43. The van der Waals surface area contributed by atoms with Gasteiger partial charge in [-0.3, -0.25) is 0 Å². The van der Waals surface area contributed by atoms with Crippen molar-refractivity contribution >= 4 is 16.7 Å². The number of hydrogen-bond donors (Lipinski definition) is 1. The molecule has 0 aromatic heterocycles. The van der Waals surface area contributed by atoms with E-state index >= 15 is 0 Å². The van der Waals surface area contributed by atoms with Gasteiger partial charge < -0.3 is 9.84 Å². The highest BCUT2D eigenvalue weighted by atomic mass is 16.5. The molecule has 3 rings (SSSR count). The Morgan fingerprint density at radius 1 is 1.41 bits per heavy atom. The lowest BCUT2D eigenvalue weighted by Crippen LogP contribution is -2.07. The third-order valence-electron chi connectivity index (χ3n) is 3.15. The van der Waals surface area contributed by atoms with Crippen LogP contribution in [-0.4, -0.2) is 17.2 Å². The maximum absolute atomic E-state index is 11.2. The largest absolute Gasteiger partial charge is 0.489 e. The van der Waals surface area contributed by atoms with Crippen molar-refractivity contribution in [3.63, 3.8) is 0 Å². The first-order valence-corrected chi connectivity index (χ1v) is 5.61. The van der Waals surface area contributed by atoms with Crippen LogP contribution in [0.5, 0.6) is 5.75 Å². The van der Waals surface area contributed by atoms with Crippen molar-refractivity contribution in [2.45, 2.75) is 19.4 Å². The number of benzene rings is 2. The SMILES string of the molecule is CC1Cc2c(c(C(=O)O)cc3ccccc23)O1. The van der Waals surface area contributed by atoms with E-state index in [1.807, 2.05) is 31.2 Å². The minimum atomic E-state index is -0.930. The van der Waals surface area contributed by atoms with Crippen LogP contribution in [0.1, 0.15) is 22.8 Å². The molecule has 1 aliphatic heterocycles. The van der Waals surface area contributed by atoms with Crippen molar-refractivity contribution in [1.29, 1.82) is 0 Å². The van der Waals surface area contributed by atoms with Gasteiger partial charge >= 0.3 is 5.97 Å². The number of ether oxygens (including phenoxy) is 1.